The van der Waals surface area contributed by atoms with E-state index in [0.29, 0.717) is 17.5 Å². The molecule has 0 aromatic heterocycles. The van der Waals surface area contributed by atoms with Crippen molar-refractivity contribution in [2.75, 3.05) is 19.0 Å². The zero-order valence-electron chi connectivity index (χ0n) is 37.9. The highest BCUT2D eigenvalue weighted by Crippen LogP contribution is 2.53. The SMILES string of the molecule is CN=C(N=C(N)C1=CC=CC2c3cccc(C(N)=NC)c3N(c3cc4c5c(c3)Oc3ccc(C(C)(C)C)cc3B5c3cc(C(C)(C)C)ccc3O4)C12)c1ccc(C(C)(C)C)cc1. The quantitative estimate of drug-likeness (QED) is 0.105. The first-order valence-electron chi connectivity index (χ1n) is 21.6. The fourth-order valence-corrected chi connectivity index (χ4v) is 9.45. The van der Waals surface area contributed by atoms with Gasteiger partial charge in [-0.05, 0) is 67.6 Å². The van der Waals surface area contributed by atoms with Gasteiger partial charge in [-0.3, -0.25) is 9.98 Å². The first-order chi connectivity index (χ1) is 29.4. The lowest BCUT2D eigenvalue weighted by Crippen LogP contribution is -2.58. The van der Waals surface area contributed by atoms with Crippen LogP contribution in [0, 0.1) is 0 Å². The molecule has 4 aliphatic rings. The third-order valence-electron chi connectivity index (χ3n) is 12.9. The molecule has 62 heavy (non-hydrogen) atoms. The minimum atomic E-state index is -0.289. The molecular weight excluding hydrogens is 763 g/mol. The molecule has 0 saturated carbocycles. The molecule has 314 valence electrons. The number of fused-ring (bicyclic) bond motifs is 7. The summed E-state index contributed by atoms with van der Waals surface area (Å²) in [7, 11) is 3.49. The maximum absolute atomic E-state index is 7.14. The smallest absolute Gasteiger partial charge is 0.260 e. The van der Waals surface area contributed by atoms with Crippen molar-refractivity contribution in [2.45, 2.75) is 90.5 Å². The van der Waals surface area contributed by atoms with Crippen LogP contribution < -0.4 is 42.2 Å². The third-order valence-corrected chi connectivity index (χ3v) is 12.9. The Labute approximate surface area is 367 Å². The van der Waals surface area contributed by atoms with Gasteiger partial charge in [-0.1, -0.05) is 141 Å². The molecule has 5 aromatic rings. The Morgan fingerprint density at radius 2 is 1.21 bits per heavy atom. The van der Waals surface area contributed by atoms with Gasteiger partial charge in [0.1, 0.15) is 34.7 Å². The van der Waals surface area contributed by atoms with Crippen molar-refractivity contribution in [1.82, 2.24) is 0 Å². The van der Waals surface area contributed by atoms with Gasteiger partial charge in [0.05, 0.1) is 11.7 Å². The predicted molar refractivity (Wildman–Crippen MR) is 260 cm³/mol. The number of hydrogen-bond acceptors (Lipinski definition) is 5. The lowest BCUT2D eigenvalue weighted by molar-refractivity contribution is 0.463. The highest BCUT2D eigenvalue weighted by molar-refractivity contribution is 6.98. The molecule has 4 N–H and O–H groups in total. The highest BCUT2D eigenvalue weighted by atomic mass is 16.5. The number of nitrogens with zero attached hydrogens (tertiary/aromatic N) is 4. The van der Waals surface area contributed by atoms with E-state index < -0.39 is 0 Å². The second-order valence-electron chi connectivity index (χ2n) is 20.1. The molecule has 0 fully saturated rings. The van der Waals surface area contributed by atoms with Gasteiger partial charge in [0.25, 0.3) is 6.71 Å². The van der Waals surface area contributed by atoms with Gasteiger partial charge in [-0.2, -0.15) is 0 Å². The van der Waals surface area contributed by atoms with Crippen molar-refractivity contribution >= 4 is 52.0 Å². The number of ether oxygens (including phenoxy) is 2. The molecule has 0 radical (unpaired) electrons. The summed E-state index contributed by atoms with van der Waals surface area (Å²) >= 11 is 0. The summed E-state index contributed by atoms with van der Waals surface area (Å²) < 4.78 is 14.0. The molecule has 0 amide bonds. The number of amidine groups is 3. The minimum absolute atomic E-state index is 0.0226. The average molecular weight is 821 g/mol. The Morgan fingerprint density at radius 1 is 0.645 bits per heavy atom. The van der Waals surface area contributed by atoms with Crippen LogP contribution in [0.2, 0.25) is 0 Å². The summed E-state index contributed by atoms with van der Waals surface area (Å²) in [6.07, 6.45) is 6.39. The van der Waals surface area contributed by atoms with Gasteiger partial charge >= 0.3 is 0 Å². The predicted octanol–water partition coefficient (Wildman–Crippen LogP) is 9.18. The molecule has 1 aliphatic carbocycles. The summed E-state index contributed by atoms with van der Waals surface area (Å²) in [6.45, 7) is 20.1. The topological polar surface area (TPSA) is 111 Å². The zero-order valence-corrected chi connectivity index (χ0v) is 37.9. The van der Waals surface area contributed by atoms with E-state index in [4.69, 9.17) is 25.9 Å². The monoisotopic (exact) mass is 820 g/mol. The number of nitrogens with two attached hydrogens (primary N) is 2. The summed E-state index contributed by atoms with van der Waals surface area (Å²) in [4.78, 5) is 16.5. The first kappa shape index (κ1) is 41.0. The van der Waals surface area contributed by atoms with Gasteiger partial charge in [-0.25, -0.2) is 4.99 Å². The first-order valence-corrected chi connectivity index (χ1v) is 21.6. The van der Waals surface area contributed by atoms with E-state index in [0.717, 1.165) is 73.0 Å². The molecule has 8 nitrogen and oxygen atoms in total. The maximum atomic E-state index is 7.14. The van der Waals surface area contributed by atoms with Crippen LogP contribution in [0.5, 0.6) is 23.0 Å². The van der Waals surface area contributed by atoms with Crippen LogP contribution in [0.3, 0.4) is 0 Å². The molecule has 9 rings (SSSR count). The Bertz CT molecular complexity index is 2720. The van der Waals surface area contributed by atoms with Crippen molar-refractivity contribution in [3.63, 3.8) is 0 Å². The van der Waals surface area contributed by atoms with Crippen molar-refractivity contribution < 1.29 is 9.47 Å². The van der Waals surface area contributed by atoms with Crippen molar-refractivity contribution in [3.05, 3.63) is 148 Å². The molecule has 0 bridgehead atoms. The number of hydrogen-bond donors (Lipinski definition) is 2. The Morgan fingerprint density at radius 3 is 1.74 bits per heavy atom. The Balaban J connectivity index is 1.22. The Kier molecular flexibility index (Phi) is 9.69. The van der Waals surface area contributed by atoms with Crippen LogP contribution >= 0.6 is 0 Å². The standard InChI is InChI=1S/C53H57BN6O2/c1-51(2,3)31-20-18-30(19-21-31)50(58-11)59-49(56)38-17-13-15-36-35-14-12-16-37(48(55)57-10)46(35)60(47(36)38)34-28-43-45-44(29-34)62-42-25-23-33(53(7,8)9)27-40(42)54(45)39-26-32(52(4,5)6)22-24-41(39)61-43/h12-29,36,47H,1-11H3,(H2,55,57)(H2,56,58,59). The number of rotatable bonds is 4. The van der Waals surface area contributed by atoms with Crippen LogP contribution in [0.1, 0.15) is 102 Å². The van der Waals surface area contributed by atoms with E-state index in [9.17, 15) is 0 Å². The van der Waals surface area contributed by atoms with E-state index in [1.165, 1.54) is 16.7 Å². The number of para-hydroxylation sites is 1. The molecule has 2 atom stereocenters. The van der Waals surface area contributed by atoms with Gasteiger partial charge in [0.15, 0.2) is 5.84 Å². The second kappa shape index (κ2) is 14.6. The van der Waals surface area contributed by atoms with Crippen LogP contribution in [0.4, 0.5) is 11.4 Å². The molecule has 5 aromatic carbocycles. The average Bonchev–Trinajstić information content (AvgIpc) is 3.58. The molecule has 3 heterocycles. The van der Waals surface area contributed by atoms with Crippen molar-refractivity contribution in [2.24, 2.45) is 26.4 Å². The van der Waals surface area contributed by atoms with Crippen LogP contribution in [0.15, 0.2) is 130 Å². The summed E-state index contributed by atoms with van der Waals surface area (Å²) in [6, 6.07) is 32.1. The molecule has 0 spiro atoms. The molecule has 2 unspecified atom stereocenters. The fraction of sp³-hybridized carbons (Fsp3) is 0.302. The maximum Gasteiger partial charge on any atom is 0.260 e. The van der Waals surface area contributed by atoms with Gasteiger partial charge < -0.3 is 25.8 Å². The van der Waals surface area contributed by atoms with Crippen LogP contribution in [-0.4, -0.2) is 44.4 Å². The lowest BCUT2D eigenvalue weighted by atomic mass is 9.34. The van der Waals surface area contributed by atoms with Gasteiger partial charge in [0, 0.05) is 60.0 Å². The second-order valence-corrected chi connectivity index (χ2v) is 20.1. The molecular formula is C53H57BN6O2. The number of anilines is 2. The number of allylic oxidation sites excluding steroid dienone is 2. The van der Waals surface area contributed by atoms with E-state index in [1.54, 1.807) is 14.1 Å². The van der Waals surface area contributed by atoms with Crippen LogP contribution in [-0.2, 0) is 16.2 Å². The normalized spacial score (nSPS) is 18.2. The molecule has 0 saturated heterocycles. The van der Waals surface area contributed by atoms with Gasteiger partial charge in [-0.15, -0.1) is 0 Å². The summed E-state index contributed by atoms with van der Waals surface area (Å²) in [5, 5.41) is 0. The number of benzene rings is 5. The van der Waals surface area contributed by atoms with Crippen molar-refractivity contribution in [3.8, 4) is 23.0 Å². The van der Waals surface area contributed by atoms with Gasteiger partial charge in [0.2, 0.25) is 0 Å². The lowest BCUT2D eigenvalue weighted by Gasteiger charge is -2.37. The minimum Gasteiger partial charge on any atom is -0.458 e. The van der Waals surface area contributed by atoms with E-state index in [-0.39, 0.29) is 34.9 Å². The Hall–Kier alpha value is -6.35. The van der Waals surface area contributed by atoms with E-state index >= 15 is 0 Å². The third kappa shape index (κ3) is 6.82. The van der Waals surface area contributed by atoms with E-state index in [2.05, 4.69) is 180 Å². The molecule has 9 heteroatoms. The number of aliphatic imine (C=N–C) groups is 3. The fourth-order valence-electron chi connectivity index (χ4n) is 9.45. The van der Waals surface area contributed by atoms with Crippen LogP contribution in [0.25, 0.3) is 0 Å². The summed E-state index contributed by atoms with van der Waals surface area (Å²) in [5.74, 6) is 4.51. The zero-order chi connectivity index (χ0) is 44.0. The van der Waals surface area contributed by atoms with Crippen molar-refractivity contribution in [1.29, 1.82) is 0 Å². The molecule has 3 aliphatic heterocycles. The van der Waals surface area contributed by atoms with E-state index in [1.807, 2.05) is 6.07 Å². The highest BCUT2D eigenvalue weighted by Gasteiger charge is 2.46. The largest absolute Gasteiger partial charge is 0.458 e. The summed E-state index contributed by atoms with van der Waals surface area (Å²) in [5.41, 5.74) is 26.4.